The second-order valence-corrected chi connectivity index (χ2v) is 9.37. The van der Waals surface area contributed by atoms with E-state index in [0.29, 0.717) is 39.1 Å². The van der Waals surface area contributed by atoms with Crippen molar-refractivity contribution in [1.82, 2.24) is 9.62 Å². The first-order chi connectivity index (χ1) is 13.0. The highest BCUT2D eigenvalue weighted by atomic mass is 35.5. The van der Waals surface area contributed by atoms with Gasteiger partial charge in [-0.3, -0.25) is 4.79 Å². The molecule has 1 aromatic rings. The number of hydrogen-bond donors (Lipinski definition) is 2. The Kier molecular flexibility index (Phi) is 8.70. The van der Waals surface area contributed by atoms with Gasteiger partial charge in [0.05, 0.1) is 11.8 Å². The number of carbonyl (C=O) groups excluding carboxylic acids is 1. The number of nitrogens with zero attached hydrogens (tertiary/aromatic N) is 1. The number of rotatable bonds is 6. The molecular weight excluding hydrogens is 402 g/mol. The van der Waals surface area contributed by atoms with Crippen LogP contribution in [0.25, 0.3) is 0 Å². The maximum Gasteiger partial charge on any atom is 0.237 e. The quantitative estimate of drug-likeness (QED) is 0.706. The van der Waals surface area contributed by atoms with E-state index in [9.17, 15) is 13.2 Å². The molecule has 0 aromatic heterocycles. The van der Waals surface area contributed by atoms with Crippen molar-refractivity contribution in [2.24, 2.45) is 11.7 Å². The zero-order valence-corrected chi connectivity index (χ0v) is 17.6. The third-order valence-corrected chi connectivity index (χ3v) is 7.31. The summed E-state index contributed by atoms with van der Waals surface area (Å²) in [7, 11) is -3.34. The maximum absolute atomic E-state index is 12.6. The second kappa shape index (κ2) is 10.5. The van der Waals surface area contributed by atoms with E-state index in [0.717, 1.165) is 18.4 Å². The van der Waals surface area contributed by atoms with Crippen LogP contribution >= 0.6 is 12.4 Å². The summed E-state index contributed by atoms with van der Waals surface area (Å²) in [6.07, 6.45) is 2.84. The van der Waals surface area contributed by atoms with Crippen molar-refractivity contribution in [1.29, 1.82) is 0 Å². The lowest BCUT2D eigenvalue weighted by Crippen LogP contribution is -2.53. The van der Waals surface area contributed by atoms with Gasteiger partial charge < -0.3 is 15.8 Å². The molecule has 1 atom stereocenters. The van der Waals surface area contributed by atoms with E-state index in [4.69, 9.17) is 10.5 Å². The van der Waals surface area contributed by atoms with Crippen molar-refractivity contribution in [2.45, 2.75) is 43.5 Å². The van der Waals surface area contributed by atoms with Crippen molar-refractivity contribution in [3.63, 3.8) is 0 Å². The van der Waals surface area contributed by atoms with Crippen molar-refractivity contribution in [3.8, 4) is 0 Å². The van der Waals surface area contributed by atoms with Crippen LogP contribution in [0.15, 0.2) is 30.3 Å². The number of nitrogens with two attached hydrogens (primary N) is 1. The fourth-order valence-electron chi connectivity index (χ4n) is 3.74. The third kappa shape index (κ3) is 6.15. The number of halogens is 1. The summed E-state index contributed by atoms with van der Waals surface area (Å²) in [5.74, 6) is 0.0389. The molecule has 7 nitrogen and oxygen atoms in total. The molecule has 28 heavy (non-hydrogen) atoms. The summed E-state index contributed by atoms with van der Waals surface area (Å²) in [4.78, 5) is 12.4. The van der Waals surface area contributed by atoms with Gasteiger partial charge in [-0.05, 0) is 37.2 Å². The SMILES string of the molecule is Cl.NC(C(=O)NC1CCN(S(=O)(=O)Cc2ccccc2)CC1)C1CCOCC1. The van der Waals surface area contributed by atoms with Crippen LogP contribution in [0.3, 0.4) is 0 Å². The fourth-order valence-corrected chi connectivity index (χ4v) is 5.30. The predicted octanol–water partition coefficient (Wildman–Crippen LogP) is 1.27. The zero-order chi connectivity index (χ0) is 19.3. The first-order valence-electron chi connectivity index (χ1n) is 9.61. The Balaban J connectivity index is 0.00000280. The van der Waals surface area contributed by atoms with Crippen molar-refractivity contribution >= 4 is 28.3 Å². The monoisotopic (exact) mass is 431 g/mol. The zero-order valence-electron chi connectivity index (χ0n) is 16.0. The summed E-state index contributed by atoms with van der Waals surface area (Å²) in [5, 5.41) is 3.01. The van der Waals surface area contributed by atoms with E-state index in [1.807, 2.05) is 30.3 Å². The van der Waals surface area contributed by atoms with E-state index in [-0.39, 0.29) is 36.0 Å². The molecular formula is C19H30ClN3O4S. The summed E-state index contributed by atoms with van der Waals surface area (Å²) in [6, 6.07) is 8.66. The standard InChI is InChI=1S/C19H29N3O4S.ClH/c20-18(16-8-12-26-13-9-16)19(23)21-17-6-10-22(11-7-17)27(24,25)14-15-4-2-1-3-5-15;/h1-5,16-18H,6-14,20H2,(H,21,23);1H. The maximum atomic E-state index is 12.6. The lowest BCUT2D eigenvalue weighted by atomic mass is 9.91. The Morgan fingerprint density at radius 2 is 1.75 bits per heavy atom. The van der Waals surface area contributed by atoms with Crippen LogP contribution in [0.5, 0.6) is 0 Å². The predicted molar refractivity (Wildman–Crippen MR) is 111 cm³/mol. The Bertz CT molecular complexity index is 718. The molecule has 1 unspecified atom stereocenters. The van der Waals surface area contributed by atoms with Crippen molar-refractivity contribution < 1.29 is 17.9 Å². The number of sulfonamides is 1. The highest BCUT2D eigenvalue weighted by Gasteiger charge is 2.31. The first-order valence-corrected chi connectivity index (χ1v) is 11.2. The van der Waals surface area contributed by atoms with E-state index < -0.39 is 16.1 Å². The van der Waals surface area contributed by atoms with E-state index in [2.05, 4.69) is 5.32 Å². The van der Waals surface area contributed by atoms with Gasteiger partial charge in [-0.2, -0.15) is 0 Å². The summed E-state index contributed by atoms with van der Waals surface area (Å²) in [6.45, 7) is 2.16. The lowest BCUT2D eigenvalue weighted by molar-refractivity contribution is -0.125. The van der Waals surface area contributed by atoms with Gasteiger partial charge in [0.1, 0.15) is 0 Å². The lowest BCUT2D eigenvalue weighted by Gasteiger charge is -2.33. The average molecular weight is 432 g/mol. The van der Waals surface area contributed by atoms with Crippen LogP contribution in [0.2, 0.25) is 0 Å². The largest absolute Gasteiger partial charge is 0.381 e. The molecule has 0 spiro atoms. The Labute approximate surface area is 173 Å². The van der Waals surface area contributed by atoms with Crippen molar-refractivity contribution in [2.75, 3.05) is 26.3 Å². The van der Waals surface area contributed by atoms with Gasteiger partial charge in [-0.15, -0.1) is 12.4 Å². The van der Waals surface area contributed by atoms with E-state index in [1.54, 1.807) is 0 Å². The normalized spacial score (nSPS) is 20.9. The van der Waals surface area contributed by atoms with Gasteiger partial charge >= 0.3 is 0 Å². The molecule has 0 saturated carbocycles. The van der Waals surface area contributed by atoms with Gasteiger partial charge in [0.25, 0.3) is 0 Å². The van der Waals surface area contributed by atoms with E-state index >= 15 is 0 Å². The molecule has 0 aliphatic carbocycles. The molecule has 2 heterocycles. The van der Waals surface area contributed by atoms with Gasteiger partial charge in [-0.25, -0.2) is 12.7 Å². The third-order valence-electron chi connectivity index (χ3n) is 5.46. The Morgan fingerprint density at radius 1 is 1.14 bits per heavy atom. The molecule has 0 radical (unpaired) electrons. The summed E-state index contributed by atoms with van der Waals surface area (Å²) < 4.78 is 32.1. The molecule has 1 aromatic carbocycles. The number of hydrogen-bond acceptors (Lipinski definition) is 5. The van der Waals surface area contributed by atoms with Gasteiger partial charge in [-0.1, -0.05) is 30.3 Å². The van der Waals surface area contributed by atoms with E-state index in [1.165, 1.54) is 4.31 Å². The minimum atomic E-state index is -3.34. The first kappa shape index (κ1) is 23.1. The number of ether oxygens (including phenoxy) is 1. The summed E-state index contributed by atoms with van der Waals surface area (Å²) in [5.41, 5.74) is 6.91. The molecule has 158 valence electrons. The van der Waals surface area contributed by atoms with Crippen LogP contribution in [0, 0.1) is 5.92 Å². The molecule has 3 N–H and O–H groups in total. The number of amides is 1. The van der Waals surface area contributed by atoms with Gasteiger partial charge in [0.15, 0.2) is 0 Å². The van der Waals surface area contributed by atoms with Crippen molar-refractivity contribution in [3.05, 3.63) is 35.9 Å². The van der Waals surface area contributed by atoms with Gasteiger partial charge in [0, 0.05) is 32.3 Å². The van der Waals surface area contributed by atoms with Gasteiger partial charge in [0.2, 0.25) is 15.9 Å². The highest BCUT2D eigenvalue weighted by molar-refractivity contribution is 7.88. The molecule has 0 bridgehead atoms. The molecule has 2 fully saturated rings. The Morgan fingerprint density at radius 3 is 2.36 bits per heavy atom. The molecule has 9 heteroatoms. The van der Waals surface area contributed by atoms with Crippen LogP contribution < -0.4 is 11.1 Å². The second-order valence-electron chi connectivity index (χ2n) is 7.40. The van der Waals surface area contributed by atoms with Crippen LogP contribution in [0.4, 0.5) is 0 Å². The number of benzene rings is 1. The van der Waals surface area contributed by atoms with Crippen LogP contribution in [-0.2, 0) is 25.3 Å². The number of nitrogens with one attached hydrogen (secondary N) is 1. The fraction of sp³-hybridized carbons (Fsp3) is 0.632. The molecule has 3 rings (SSSR count). The van der Waals surface area contributed by atoms with Crippen LogP contribution in [-0.4, -0.2) is 57.0 Å². The smallest absolute Gasteiger partial charge is 0.237 e. The molecule has 2 aliphatic rings. The highest BCUT2D eigenvalue weighted by Crippen LogP contribution is 2.20. The molecule has 2 aliphatic heterocycles. The minimum absolute atomic E-state index is 0. The summed E-state index contributed by atoms with van der Waals surface area (Å²) >= 11 is 0. The van der Waals surface area contributed by atoms with Crippen LogP contribution in [0.1, 0.15) is 31.2 Å². The average Bonchev–Trinajstić information content (AvgIpc) is 2.69. The Hall–Kier alpha value is -1.19. The number of piperidine rings is 1. The molecule has 1 amide bonds. The topological polar surface area (TPSA) is 102 Å². The minimum Gasteiger partial charge on any atom is -0.381 e. The molecule has 2 saturated heterocycles. The number of carbonyl (C=O) groups is 1.